The van der Waals surface area contributed by atoms with E-state index in [2.05, 4.69) is 27.1 Å². The highest BCUT2D eigenvalue weighted by atomic mass is 16.5. The fourth-order valence-corrected chi connectivity index (χ4v) is 2.48. The molecule has 7 nitrogen and oxygen atoms in total. The highest BCUT2D eigenvalue weighted by Gasteiger charge is 2.22. The molecule has 1 aliphatic carbocycles. The average molecular weight is 261 g/mol. The van der Waals surface area contributed by atoms with Gasteiger partial charge in [0, 0.05) is 13.0 Å². The number of H-pyrrole nitrogens is 1. The van der Waals surface area contributed by atoms with Crippen LogP contribution in [0, 0.1) is 5.92 Å². The molecular weight excluding hydrogens is 246 g/mol. The summed E-state index contributed by atoms with van der Waals surface area (Å²) in [6, 6.07) is 0.138. The Morgan fingerprint density at radius 2 is 2.42 bits per heavy atom. The first-order valence-corrected chi connectivity index (χ1v) is 6.08. The lowest BCUT2D eigenvalue weighted by Crippen LogP contribution is -2.13. The van der Waals surface area contributed by atoms with E-state index in [0.29, 0.717) is 23.7 Å². The maximum Gasteiger partial charge on any atom is 0.280 e. The van der Waals surface area contributed by atoms with Crippen LogP contribution in [0.15, 0.2) is 23.3 Å². The summed E-state index contributed by atoms with van der Waals surface area (Å²) in [5.74, 6) is 0.487. The van der Waals surface area contributed by atoms with Crippen molar-refractivity contribution in [3.8, 4) is 0 Å². The molecule has 2 aromatic rings. The fourth-order valence-electron chi connectivity index (χ4n) is 2.48. The number of nitrogens with one attached hydrogen (secondary N) is 1. The second-order valence-corrected chi connectivity index (χ2v) is 4.68. The average Bonchev–Trinajstić information content (AvgIpc) is 2.95. The van der Waals surface area contributed by atoms with E-state index in [0.717, 1.165) is 6.42 Å². The summed E-state index contributed by atoms with van der Waals surface area (Å²) in [6.07, 6.45) is 6.75. The quantitative estimate of drug-likeness (QED) is 0.782. The van der Waals surface area contributed by atoms with Crippen molar-refractivity contribution in [2.45, 2.75) is 12.5 Å². The van der Waals surface area contributed by atoms with E-state index in [9.17, 15) is 4.79 Å². The van der Waals surface area contributed by atoms with E-state index in [4.69, 9.17) is 10.5 Å². The van der Waals surface area contributed by atoms with Gasteiger partial charge in [0.05, 0.1) is 19.0 Å². The maximum absolute atomic E-state index is 11.7. The van der Waals surface area contributed by atoms with Gasteiger partial charge in [-0.1, -0.05) is 12.2 Å². The molecule has 0 fully saturated rings. The Hall–Kier alpha value is -2.15. The molecular formula is C12H15N5O2. The van der Waals surface area contributed by atoms with E-state index in [1.54, 1.807) is 13.4 Å². The number of imidazole rings is 1. The zero-order valence-electron chi connectivity index (χ0n) is 10.5. The van der Waals surface area contributed by atoms with Crippen molar-refractivity contribution in [2.75, 3.05) is 19.5 Å². The van der Waals surface area contributed by atoms with Crippen LogP contribution in [-0.2, 0) is 4.74 Å². The van der Waals surface area contributed by atoms with Gasteiger partial charge in [0.15, 0.2) is 11.2 Å². The van der Waals surface area contributed by atoms with Gasteiger partial charge in [0.1, 0.15) is 0 Å². The second-order valence-electron chi connectivity index (χ2n) is 4.68. The summed E-state index contributed by atoms with van der Waals surface area (Å²) in [5, 5.41) is 0. The van der Waals surface area contributed by atoms with Crippen molar-refractivity contribution in [3.05, 3.63) is 28.8 Å². The number of hydrogen-bond acceptors (Lipinski definition) is 5. The highest BCUT2D eigenvalue weighted by molar-refractivity contribution is 5.70. The molecule has 0 spiro atoms. The topological polar surface area (TPSA) is 98.8 Å². The number of hydrogen-bond donors (Lipinski definition) is 2. The first kappa shape index (κ1) is 11.9. The minimum atomic E-state index is -0.309. The van der Waals surface area contributed by atoms with E-state index < -0.39 is 0 Å². The molecule has 0 saturated heterocycles. The van der Waals surface area contributed by atoms with Crippen LogP contribution in [-0.4, -0.2) is 33.2 Å². The van der Waals surface area contributed by atoms with E-state index in [1.807, 2.05) is 4.57 Å². The summed E-state index contributed by atoms with van der Waals surface area (Å²) in [7, 11) is 1.69. The number of allylic oxidation sites excluding steroid dienone is 1. The number of nitrogens with zero attached hydrogens (tertiary/aromatic N) is 3. The lowest BCUT2D eigenvalue weighted by Gasteiger charge is -2.13. The molecule has 0 saturated carbocycles. The molecule has 2 heterocycles. The van der Waals surface area contributed by atoms with Crippen LogP contribution in [0.4, 0.5) is 5.95 Å². The molecule has 0 bridgehead atoms. The minimum absolute atomic E-state index is 0.106. The molecule has 0 aliphatic heterocycles. The third-order valence-corrected chi connectivity index (χ3v) is 3.34. The Morgan fingerprint density at radius 1 is 1.58 bits per heavy atom. The molecule has 1 aliphatic rings. The zero-order chi connectivity index (χ0) is 13.4. The maximum atomic E-state index is 11.7. The molecule has 0 radical (unpaired) electrons. The molecule has 7 heteroatoms. The number of anilines is 1. The predicted molar refractivity (Wildman–Crippen MR) is 70.7 cm³/mol. The van der Waals surface area contributed by atoms with Crippen LogP contribution in [0.1, 0.15) is 12.5 Å². The second kappa shape index (κ2) is 4.51. The molecule has 100 valence electrons. The van der Waals surface area contributed by atoms with Crippen molar-refractivity contribution in [1.29, 1.82) is 0 Å². The summed E-state index contributed by atoms with van der Waals surface area (Å²) in [4.78, 5) is 22.4. The number of fused-ring (bicyclic) bond motifs is 1. The van der Waals surface area contributed by atoms with Gasteiger partial charge in [-0.25, -0.2) is 4.98 Å². The Balaban J connectivity index is 1.99. The predicted octanol–water partition coefficient (Wildman–Crippen LogP) is 0.465. The fraction of sp³-hybridized carbons (Fsp3) is 0.417. The van der Waals surface area contributed by atoms with Gasteiger partial charge in [0.2, 0.25) is 5.95 Å². The SMILES string of the molecule is COC[C@@H]1C=CC(n2cnc3c(=O)[nH]c(N)nc32)C1. The Bertz CT molecular complexity index is 687. The van der Waals surface area contributed by atoms with E-state index >= 15 is 0 Å². The van der Waals surface area contributed by atoms with Gasteiger partial charge in [0.25, 0.3) is 5.56 Å². The molecule has 2 aromatic heterocycles. The third-order valence-electron chi connectivity index (χ3n) is 3.34. The Labute approximate surface area is 109 Å². The number of aromatic amines is 1. The van der Waals surface area contributed by atoms with Crippen molar-refractivity contribution in [2.24, 2.45) is 5.92 Å². The van der Waals surface area contributed by atoms with Crippen molar-refractivity contribution < 1.29 is 4.74 Å². The number of nitrogen functional groups attached to an aromatic ring is 1. The van der Waals surface area contributed by atoms with Crippen molar-refractivity contribution in [3.63, 3.8) is 0 Å². The van der Waals surface area contributed by atoms with Gasteiger partial charge in [-0.05, 0) is 6.42 Å². The molecule has 19 heavy (non-hydrogen) atoms. The molecule has 0 aromatic carbocycles. The molecule has 3 rings (SSSR count). The number of rotatable bonds is 3. The summed E-state index contributed by atoms with van der Waals surface area (Å²) in [5.41, 5.74) is 6.11. The lowest BCUT2D eigenvalue weighted by molar-refractivity contribution is 0.166. The summed E-state index contributed by atoms with van der Waals surface area (Å²) >= 11 is 0. The first-order chi connectivity index (χ1) is 9.19. The smallest absolute Gasteiger partial charge is 0.280 e. The number of aromatic nitrogens is 4. The van der Waals surface area contributed by atoms with Crippen molar-refractivity contribution >= 4 is 17.1 Å². The van der Waals surface area contributed by atoms with Crippen molar-refractivity contribution in [1.82, 2.24) is 19.5 Å². The largest absolute Gasteiger partial charge is 0.384 e. The van der Waals surface area contributed by atoms with Crippen LogP contribution < -0.4 is 11.3 Å². The van der Waals surface area contributed by atoms with Gasteiger partial charge in [-0.15, -0.1) is 0 Å². The van der Waals surface area contributed by atoms with Crippen LogP contribution in [0.5, 0.6) is 0 Å². The molecule has 2 atom stereocenters. The first-order valence-electron chi connectivity index (χ1n) is 6.08. The highest BCUT2D eigenvalue weighted by Crippen LogP contribution is 2.29. The summed E-state index contributed by atoms with van der Waals surface area (Å²) in [6.45, 7) is 0.690. The third kappa shape index (κ3) is 2.01. The van der Waals surface area contributed by atoms with Gasteiger partial charge < -0.3 is 15.0 Å². The molecule has 0 amide bonds. The van der Waals surface area contributed by atoms with E-state index in [-0.39, 0.29) is 17.5 Å². The molecule has 1 unspecified atom stereocenters. The molecule has 3 N–H and O–H groups in total. The normalized spacial score (nSPS) is 22.4. The number of methoxy groups -OCH3 is 1. The standard InChI is InChI=1S/C12H15N5O2/c1-19-5-7-2-3-8(4-7)17-6-14-9-10(17)15-12(13)16-11(9)18/h2-3,6-8H,4-5H2,1H3,(H3,13,15,16,18)/t7-,8?/m1/s1. The van der Waals surface area contributed by atoms with Crippen LogP contribution in [0.2, 0.25) is 0 Å². The number of nitrogens with two attached hydrogens (primary N) is 1. The Morgan fingerprint density at radius 3 is 3.21 bits per heavy atom. The van der Waals surface area contributed by atoms with Gasteiger partial charge in [-0.2, -0.15) is 4.98 Å². The van der Waals surface area contributed by atoms with E-state index in [1.165, 1.54) is 0 Å². The number of ether oxygens (including phenoxy) is 1. The monoisotopic (exact) mass is 261 g/mol. The van der Waals surface area contributed by atoms with Crippen LogP contribution in [0.25, 0.3) is 11.2 Å². The zero-order valence-corrected chi connectivity index (χ0v) is 10.5. The Kier molecular flexibility index (Phi) is 2.83. The van der Waals surface area contributed by atoms with Gasteiger partial charge in [-0.3, -0.25) is 9.78 Å². The minimum Gasteiger partial charge on any atom is -0.384 e. The van der Waals surface area contributed by atoms with Gasteiger partial charge >= 0.3 is 0 Å². The van der Waals surface area contributed by atoms with Crippen LogP contribution >= 0.6 is 0 Å². The lowest BCUT2D eigenvalue weighted by atomic mass is 10.1. The van der Waals surface area contributed by atoms with Crippen LogP contribution in [0.3, 0.4) is 0 Å². The summed E-state index contributed by atoms with van der Waals surface area (Å²) < 4.78 is 7.03.